The summed E-state index contributed by atoms with van der Waals surface area (Å²) in [5.41, 5.74) is 3.29. The molecule has 0 fully saturated rings. The van der Waals surface area contributed by atoms with Gasteiger partial charge in [0.15, 0.2) is 5.78 Å². The van der Waals surface area contributed by atoms with E-state index >= 15 is 0 Å². The van der Waals surface area contributed by atoms with Crippen molar-refractivity contribution in [2.75, 3.05) is 0 Å². The van der Waals surface area contributed by atoms with Crippen LogP contribution in [-0.2, 0) is 6.61 Å². The number of thiophene rings is 1. The van der Waals surface area contributed by atoms with Crippen molar-refractivity contribution in [3.8, 4) is 0 Å². The number of hydrogen-bond donors (Lipinski definition) is 1. The van der Waals surface area contributed by atoms with Gasteiger partial charge in [0.2, 0.25) is 0 Å². The Morgan fingerprint density at radius 1 is 1.24 bits per heavy atom. The summed E-state index contributed by atoms with van der Waals surface area (Å²) in [7, 11) is 0. The highest BCUT2D eigenvalue weighted by Gasteiger charge is 2.21. The summed E-state index contributed by atoms with van der Waals surface area (Å²) < 4.78 is 0. The molecule has 0 aliphatic heterocycles. The fourth-order valence-electron chi connectivity index (χ4n) is 2.64. The van der Waals surface area contributed by atoms with E-state index in [0.717, 1.165) is 16.0 Å². The number of hydrogen-bond acceptors (Lipinski definition) is 3. The van der Waals surface area contributed by atoms with Crippen LogP contribution in [0.2, 0.25) is 0 Å². The molecule has 1 unspecified atom stereocenters. The predicted octanol–water partition coefficient (Wildman–Crippen LogP) is 4.54. The summed E-state index contributed by atoms with van der Waals surface area (Å²) in [5.74, 6) is 0.806. The number of ketones is 1. The van der Waals surface area contributed by atoms with E-state index in [1.165, 1.54) is 10.4 Å². The van der Waals surface area contributed by atoms with Gasteiger partial charge in [-0.3, -0.25) is 4.79 Å². The Hall–Kier alpha value is -1.45. The summed E-state index contributed by atoms with van der Waals surface area (Å²) in [5, 5.41) is 9.47. The molecule has 2 nitrogen and oxygen atoms in total. The second-order valence-corrected chi connectivity index (χ2v) is 6.94. The van der Waals surface area contributed by atoms with E-state index in [4.69, 9.17) is 0 Å². The minimum atomic E-state index is 0.0631. The summed E-state index contributed by atoms with van der Waals surface area (Å²) in [6.07, 6.45) is 0. The third kappa shape index (κ3) is 3.42. The maximum atomic E-state index is 11.5. The Balaban J connectivity index is 2.45. The summed E-state index contributed by atoms with van der Waals surface area (Å²) >= 11 is 1.58. The monoisotopic (exact) mass is 302 g/mol. The summed E-state index contributed by atoms with van der Waals surface area (Å²) in [6.45, 7) is 8.06. The van der Waals surface area contributed by atoms with Gasteiger partial charge in [-0.25, -0.2) is 0 Å². The first-order valence-electron chi connectivity index (χ1n) is 7.25. The molecule has 21 heavy (non-hydrogen) atoms. The highest BCUT2D eigenvalue weighted by atomic mass is 32.1. The van der Waals surface area contributed by atoms with Crippen LogP contribution in [0.3, 0.4) is 0 Å². The minimum absolute atomic E-state index is 0.0631. The lowest BCUT2D eigenvalue weighted by Crippen LogP contribution is -2.08. The third-order valence-electron chi connectivity index (χ3n) is 3.85. The van der Waals surface area contributed by atoms with E-state index in [1.807, 2.05) is 13.0 Å². The van der Waals surface area contributed by atoms with Crippen molar-refractivity contribution in [3.63, 3.8) is 0 Å². The quantitative estimate of drug-likeness (QED) is 0.823. The van der Waals surface area contributed by atoms with Crippen LogP contribution in [0.4, 0.5) is 0 Å². The zero-order valence-electron chi connectivity index (χ0n) is 13.0. The number of aliphatic hydroxyl groups is 1. The minimum Gasteiger partial charge on any atom is -0.392 e. The van der Waals surface area contributed by atoms with Gasteiger partial charge in [-0.15, -0.1) is 11.3 Å². The van der Waals surface area contributed by atoms with Crippen molar-refractivity contribution >= 4 is 17.1 Å². The van der Waals surface area contributed by atoms with Crippen LogP contribution >= 0.6 is 11.3 Å². The molecule has 1 heterocycles. The second-order valence-electron chi connectivity index (χ2n) is 5.82. The van der Waals surface area contributed by atoms with E-state index in [9.17, 15) is 9.90 Å². The number of aryl methyl sites for hydroxylation is 1. The lowest BCUT2D eigenvalue weighted by molar-refractivity contribution is 0.102. The van der Waals surface area contributed by atoms with Gasteiger partial charge in [0.1, 0.15) is 0 Å². The molecule has 0 saturated heterocycles. The van der Waals surface area contributed by atoms with Gasteiger partial charge < -0.3 is 5.11 Å². The molecule has 1 aromatic heterocycles. The highest BCUT2D eigenvalue weighted by Crippen LogP contribution is 2.36. The summed E-state index contributed by atoms with van der Waals surface area (Å²) in [4.78, 5) is 13.5. The fourth-order valence-corrected chi connectivity index (χ4v) is 3.85. The molecular weight excluding hydrogens is 280 g/mol. The van der Waals surface area contributed by atoms with Gasteiger partial charge in [-0.05, 0) is 48.6 Å². The Labute approximate surface area is 130 Å². The van der Waals surface area contributed by atoms with Crippen LogP contribution < -0.4 is 0 Å². The molecule has 112 valence electrons. The first-order chi connectivity index (χ1) is 9.93. The number of carbonyl (C=O) groups is 1. The zero-order valence-corrected chi connectivity index (χ0v) is 13.8. The van der Waals surface area contributed by atoms with Crippen molar-refractivity contribution in [1.29, 1.82) is 0 Å². The average molecular weight is 302 g/mol. The topological polar surface area (TPSA) is 37.3 Å². The molecule has 0 saturated carbocycles. The Kier molecular flexibility index (Phi) is 4.96. The largest absolute Gasteiger partial charge is 0.392 e. The van der Waals surface area contributed by atoms with E-state index in [2.05, 4.69) is 38.1 Å². The van der Waals surface area contributed by atoms with Gasteiger partial charge in [0.05, 0.1) is 11.5 Å². The molecule has 0 spiro atoms. The molecule has 1 N–H and O–H groups in total. The molecule has 1 atom stereocenters. The number of benzene rings is 1. The van der Waals surface area contributed by atoms with Crippen molar-refractivity contribution in [1.82, 2.24) is 0 Å². The van der Waals surface area contributed by atoms with E-state index in [1.54, 1.807) is 18.3 Å². The first kappa shape index (κ1) is 15.9. The molecule has 0 radical (unpaired) electrons. The van der Waals surface area contributed by atoms with Crippen molar-refractivity contribution in [2.45, 2.75) is 40.2 Å². The van der Waals surface area contributed by atoms with Gasteiger partial charge in [-0.1, -0.05) is 32.0 Å². The van der Waals surface area contributed by atoms with E-state index < -0.39 is 0 Å². The Morgan fingerprint density at radius 3 is 2.48 bits per heavy atom. The molecule has 0 aliphatic rings. The van der Waals surface area contributed by atoms with Crippen molar-refractivity contribution < 1.29 is 9.90 Å². The smallest absolute Gasteiger partial charge is 0.169 e. The zero-order chi connectivity index (χ0) is 15.6. The summed E-state index contributed by atoms with van der Waals surface area (Å²) in [6, 6.07) is 10.3. The van der Waals surface area contributed by atoms with Gasteiger partial charge in [-0.2, -0.15) is 0 Å². The molecule has 2 rings (SSSR count). The Morgan fingerprint density at radius 2 is 1.95 bits per heavy atom. The molecule has 0 amide bonds. The molecule has 0 aliphatic carbocycles. The standard InChI is InChI=1S/C18H22O2S/c1-11(2)18(17-8-7-16(21-17)13(4)20)14-6-5-12(3)15(9-14)10-19/h5-9,11,18-19H,10H2,1-4H3. The maximum absolute atomic E-state index is 11.5. The highest BCUT2D eigenvalue weighted by molar-refractivity contribution is 7.14. The van der Waals surface area contributed by atoms with Crippen LogP contribution in [0, 0.1) is 12.8 Å². The van der Waals surface area contributed by atoms with Gasteiger partial charge in [0, 0.05) is 10.8 Å². The predicted molar refractivity (Wildman–Crippen MR) is 88.1 cm³/mol. The SMILES string of the molecule is CC(=O)c1ccc(C(c2ccc(C)c(CO)c2)C(C)C)s1. The first-order valence-corrected chi connectivity index (χ1v) is 8.06. The van der Waals surface area contributed by atoms with E-state index in [-0.39, 0.29) is 18.3 Å². The molecule has 3 heteroatoms. The van der Waals surface area contributed by atoms with Gasteiger partial charge >= 0.3 is 0 Å². The van der Waals surface area contributed by atoms with Crippen LogP contribution in [0.5, 0.6) is 0 Å². The van der Waals surface area contributed by atoms with Crippen LogP contribution in [0.15, 0.2) is 30.3 Å². The molecular formula is C18H22O2S. The normalized spacial score (nSPS) is 12.7. The lowest BCUT2D eigenvalue weighted by atomic mass is 9.86. The van der Waals surface area contributed by atoms with Crippen molar-refractivity contribution in [2.24, 2.45) is 5.92 Å². The van der Waals surface area contributed by atoms with Crippen molar-refractivity contribution in [3.05, 3.63) is 56.8 Å². The molecule has 2 aromatic rings. The van der Waals surface area contributed by atoms with Crippen LogP contribution in [0.1, 0.15) is 57.9 Å². The van der Waals surface area contributed by atoms with Crippen LogP contribution in [0.25, 0.3) is 0 Å². The number of carbonyl (C=O) groups excluding carboxylic acids is 1. The number of Topliss-reactive ketones (excluding diaryl/α,β-unsaturated/α-hetero) is 1. The molecule has 0 bridgehead atoms. The Bertz CT molecular complexity index is 640. The maximum Gasteiger partial charge on any atom is 0.169 e. The number of rotatable bonds is 5. The van der Waals surface area contributed by atoms with Crippen LogP contribution in [-0.4, -0.2) is 10.9 Å². The lowest BCUT2D eigenvalue weighted by Gasteiger charge is -2.21. The van der Waals surface area contributed by atoms with Gasteiger partial charge in [0.25, 0.3) is 0 Å². The van der Waals surface area contributed by atoms with E-state index in [0.29, 0.717) is 5.92 Å². The third-order valence-corrected chi connectivity index (χ3v) is 5.12. The fraction of sp³-hybridized carbons (Fsp3) is 0.389. The molecule has 1 aromatic carbocycles. The number of aliphatic hydroxyl groups excluding tert-OH is 1. The second kappa shape index (κ2) is 6.54. The average Bonchev–Trinajstić information content (AvgIpc) is 2.90.